The Balaban J connectivity index is 2.15. The molecule has 0 bridgehead atoms. The highest BCUT2D eigenvalue weighted by molar-refractivity contribution is 5.80. The van der Waals surface area contributed by atoms with Crippen molar-refractivity contribution >= 4 is 11.8 Å². The first-order valence-electron chi connectivity index (χ1n) is 9.42. The van der Waals surface area contributed by atoms with E-state index in [1.807, 2.05) is 17.0 Å². The van der Waals surface area contributed by atoms with Crippen molar-refractivity contribution in [1.29, 1.82) is 0 Å². The third kappa shape index (κ3) is 4.83. The Morgan fingerprint density at radius 1 is 1.16 bits per heavy atom. The van der Waals surface area contributed by atoms with Crippen LogP contribution in [0.3, 0.4) is 0 Å². The summed E-state index contributed by atoms with van der Waals surface area (Å²) in [5.74, 6) is 0.805. The van der Waals surface area contributed by atoms with E-state index in [0.717, 1.165) is 19.4 Å². The SMILES string of the molecule is CC(=O)N1CCC(C(=O)N(CC(C)C)C(C)c2ccccc2C)CC1. The molecule has 0 aliphatic carbocycles. The van der Waals surface area contributed by atoms with Crippen LogP contribution in [0.1, 0.15) is 57.7 Å². The van der Waals surface area contributed by atoms with Crippen molar-refractivity contribution in [2.75, 3.05) is 19.6 Å². The highest BCUT2D eigenvalue weighted by Crippen LogP contribution is 2.28. The molecule has 0 spiro atoms. The lowest BCUT2D eigenvalue weighted by atomic mass is 9.92. The molecule has 1 aliphatic heterocycles. The van der Waals surface area contributed by atoms with Crippen LogP contribution in [0.4, 0.5) is 0 Å². The van der Waals surface area contributed by atoms with Crippen LogP contribution in [0.2, 0.25) is 0 Å². The summed E-state index contributed by atoms with van der Waals surface area (Å²) in [6.07, 6.45) is 1.54. The molecule has 1 aliphatic rings. The molecule has 0 aromatic heterocycles. The van der Waals surface area contributed by atoms with E-state index in [2.05, 4.69) is 44.7 Å². The quantitative estimate of drug-likeness (QED) is 0.815. The molecule has 25 heavy (non-hydrogen) atoms. The average molecular weight is 344 g/mol. The molecule has 4 heteroatoms. The molecule has 0 radical (unpaired) electrons. The van der Waals surface area contributed by atoms with E-state index >= 15 is 0 Å². The Morgan fingerprint density at radius 3 is 2.28 bits per heavy atom. The molecule has 1 fully saturated rings. The molecule has 1 atom stereocenters. The van der Waals surface area contributed by atoms with Gasteiger partial charge in [-0.05, 0) is 43.7 Å². The number of rotatable bonds is 5. The number of hydrogen-bond donors (Lipinski definition) is 0. The first-order valence-corrected chi connectivity index (χ1v) is 9.42. The number of nitrogens with zero attached hydrogens (tertiary/aromatic N) is 2. The van der Waals surface area contributed by atoms with Crippen molar-refractivity contribution in [2.24, 2.45) is 11.8 Å². The summed E-state index contributed by atoms with van der Waals surface area (Å²) < 4.78 is 0. The zero-order chi connectivity index (χ0) is 18.6. The van der Waals surface area contributed by atoms with Gasteiger partial charge in [-0.1, -0.05) is 38.1 Å². The second kappa shape index (κ2) is 8.50. The van der Waals surface area contributed by atoms with Crippen molar-refractivity contribution in [1.82, 2.24) is 9.80 Å². The Labute approximate surface area is 152 Å². The van der Waals surface area contributed by atoms with Crippen LogP contribution < -0.4 is 0 Å². The van der Waals surface area contributed by atoms with Gasteiger partial charge in [-0.15, -0.1) is 0 Å². The highest BCUT2D eigenvalue weighted by atomic mass is 16.2. The summed E-state index contributed by atoms with van der Waals surface area (Å²) in [4.78, 5) is 28.7. The van der Waals surface area contributed by atoms with E-state index in [0.29, 0.717) is 19.0 Å². The van der Waals surface area contributed by atoms with Gasteiger partial charge in [-0.25, -0.2) is 0 Å². The van der Waals surface area contributed by atoms with Gasteiger partial charge in [0.1, 0.15) is 0 Å². The van der Waals surface area contributed by atoms with Gasteiger partial charge in [-0.3, -0.25) is 9.59 Å². The number of carbonyl (C=O) groups excluding carboxylic acids is 2. The molecule has 1 aromatic carbocycles. The Hall–Kier alpha value is -1.84. The number of hydrogen-bond acceptors (Lipinski definition) is 2. The molecular weight excluding hydrogens is 312 g/mol. The molecule has 1 unspecified atom stereocenters. The summed E-state index contributed by atoms with van der Waals surface area (Å²) in [6, 6.07) is 8.38. The fraction of sp³-hybridized carbons (Fsp3) is 0.619. The lowest BCUT2D eigenvalue weighted by Gasteiger charge is -2.37. The van der Waals surface area contributed by atoms with Crippen LogP contribution in [0.25, 0.3) is 0 Å². The predicted octanol–water partition coefficient (Wildman–Crippen LogP) is 3.80. The van der Waals surface area contributed by atoms with Crippen LogP contribution in [0.5, 0.6) is 0 Å². The normalized spacial score (nSPS) is 16.8. The summed E-state index contributed by atoms with van der Waals surface area (Å²) in [6.45, 7) is 12.3. The van der Waals surface area contributed by atoms with E-state index in [9.17, 15) is 9.59 Å². The summed E-state index contributed by atoms with van der Waals surface area (Å²) in [5.41, 5.74) is 2.45. The number of benzene rings is 1. The minimum absolute atomic E-state index is 0.0285. The maximum Gasteiger partial charge on any atom is 0.226 e. The smallest absolute Gasteiger partial charge is 0.226 e. The third-order valence-electron chi connectivity index (χ3n) is 5.24. The van der Waals surface area contributed by atoms with Crippen molar-refractivity contribution in [3.63, 3.8) is 0 Å². The van der Waals surface area contributed by atoms with Gasteiger partial charge < -0.3 is 9.80 Å². The van der Waals surface area contributed by atoms with E-state index in [1.54, 1.807) is 6.92 Å². The fourth-order valence-electron chi connectivity index (χ4n) is 3.73. The minimum atomic E-state index is 0.0285. The first kappa shape index (κ1) is 19.5. The van der Waals surface area contributed by atoms with Gasteiger partial charge in [-0.2, -0.15) is 0 Å². The second-order valence-electron chi connectivity index (χ2n) is 7.70. The van der Waals surface area contributed by atoms with Gasteiger partial charge in [0.05, 0.1) is 6.04 Å². The van der Waals surface area contributed by atoms with E-state index in [-0.39, 0.29) is 23.8 Å². The van der Waals surface area contributed by atoms with Crippen LogP contribution in [-0.4, -0.2) is 41.2 Å². The van der Waals surface area contributed by atoms with Gasteiger partial charge in [0.25, 0.3) is 0 Å². The minimum Gasteiger partial charge on any atom is -0.343 e. The Kier molecular flexibility index (Phi) is 6.63. The Morgan fingerprint density at radius 2 is 1.76 bits per heavy atom. The molecule has 0 N–H and O–H groups in total. The van der Waals surface area contributed by atoms with Crippen molar-refractivity contribution in [2.45, 2.75) is 53.5 Å². The number of likely N-dealkylation sites (tertiary alicyclic amines) is 1. The fourth-order valence-corrected chi connectivity index (χ4v) is 3.73. The molecule has 2 amide bonds. The topological polar surface area (TPSA) is 40.6 Å². The number of amides is 2. The molecule has 2 rings (SSSR count). The van der Waals surface area contributed by atoms with Crippen LogP contribution in [0, 0.1) is 18.8 Å². The van der Waals surface area contributed by atoms with Crippen molar-refractivity contribution < 1.29 is 9.59 Å². The first-order chi connectivity index (χ1) is 11.8. The third-order valence-corrected chi connectivity index (χ3v) is 5.24. The highest BCUT2D eigenvalue weighted by Gasteiger charge is 2.32. The molecule has 1 aromatic rings. The monoisotopic (exact) mass is 344 g/mol. The number of carbonyl (C=O) groups is 2. The standard InChI is InChI=1S/C21H32N2O2/c1-15(2)14-23(17(4)20-9-7-6-8-16(20)3)21(25)19-10-12-22(13-11-19)18(5)24/h6-9,15,17,19H,10-14H2,1-5H3. The van der Waals surface area contributed by atoms with Crippen molar-refractivity contribution in [3.05, 3.63) is 35.4 Å². The molecule has 1 heterocycles. The van der Waals surface area contributed by atoms with Gasteiger partial charge in [0.15, 0.2) is 0 Å². The largest absolute Gasteiger partial charge is 0.343 e. The zero-order valence-electron chi connectivity index (χ0n) is 16.3. The maximum absolute atomic E-state index is 13.3. The number of aryl methyl sites for hydroxylation is 1. The van der Waals surface area contributed by atoms with E-state index < -0.39 is 0 Å². The second-order valence-corrected chi connectivity index (χ2v) is 7.70. The zero-order valence-corrected chi connectivity index (χ0v) is 16.3. The van der Waals surface area contributed by atoms with E-state index in [1.165, 1.54) is 11.1 Å². The Bertz CT molecular complexity index is 604. The molecule has 138 valence electrons. The number of piperidine rings is 1. The van der Waals surface area contributed by atoms with Crippen LogP contribution in [-0.2, 0) is 9.59 Å². The summed E-state index contributed by atoms with van der Waals surface area (Å²) in [7, 11) is 0. The van der Waals surface area contributed by atoms with E-state index in [4.69, 9.17) is 0 Å². The van der Waals surface area contributed by atoms with Gasteiger partial charge in [0.2, 0.25) is 11.8 Å². The van der Waals surface area contributed by atoms with Gasteiger partial charge in [0, 0.05) is 32.5 Å². The lowest BCUT2D eigenvalue weighted by Crippen LogP contribution is -2.45. The maximum atomic E-state index is 13.3. The lowest BCUT2D eigenvalue weighted by molar-refractivity contribution is -0.142. The molecular formula is C21H32N2O2. The molecule has 4 nitrogen and oxygen atoms in total. The summed E-state index contributed by atoms with van der Waals surface area (Å²) in [5, 5.41) is 0. The van der Waals surface area contributed by atoms with Crippen LogP contribution >= 0.6 is 0 Å². The average Bonchev–Trinajstić information content (AvgIpc) is 2.59. The summed E-state index contributed by atoms with van der Waals surface area (Å²) >= 11 is 0. The molecule has 1 saturated heterocycles. The van der Waals surface area contributed by atoms with Crippen molar-refractivity contribution in [3.8, 4) is 0 Å². The molecule has 0 saturated carbocycles. The van der Waals surface area contributed by atoms with Crippen LogP contribution in [0.15, 0.2) is 24.3 Å². The van der Waals surface area contributed by atoms with Gasteiger partial charge >= 0.3 is 0 Å². The predicted molar refractivity (Wildman–Crippen MR) is 101 cm³/mol.